The molecule has 0 aromatic heterocycles. The molecular formula is C33H34LiN3O7. The van der Waals surface area contributed by atoms with E-state index in [2.05, 4.69) is 24.0 Å². The fourth-order valence-corrected chi connectivity index (χ4v) is 3.24. The Morgan fingerprint density at radius 3 is 1.25 bits per heavy atom. The first-order valence-electron chi connectivity index (χ1n) is 12.6. The van der Waals surface area contributed by atoms with Crippen LogP contribution in [0.1, 0.15) is 75.5 Å². The van der Waals surface area contributed by atoms with Gasteiger partial charge in [-0.3, -0.25) is 0 Å². The summed E-state index contributed by atoms with van der Waals surface area (Å²) in [5, 5.41) is 8.68. The summed E-state index contributed by atoms with van der Waals surface area (Å²) in [5.74, 6) is -1.66. The molecule has 0 saturated carbocycles. The Bertz CT molecular complexity index is 1500. The number of methoxy groups -OCH3 is 2. The van der Waals surface area contributed by atoms with Gasteiger partial charge in [0.2, 0.25) is 6.54 Å². The van der Waals surface area contributed by atoms with E-state index in [1.54, 1.807) is 74.5 Å². The third kappa shape index (κ3) is 12.5. The van der Waals surface area contributed by atoms with Crippen LogP contribution in [-0.2, 0) is 27.1 Å². The fourth-order valence-electron chi connectivity index (χ4n) is 3.24. The molecule has 0 heterocycles. The van der Waals surface area contributed by atoms with Crippen LogP contribution < -0.4 is 18.9 Å². The Hall–Kier alpha value is -4.90. The number of carbonyl (C=O) groups excluding carboxylic acids is 2. The number of esters is 2. The topological polar surface area (TPSA) is 133 Å². The van der Waals surface area contributed by atoms with Crippen molar-refractivity contribution in [2.24, 2.45) is 0 Å². The molecule has 0 aliphatic carbocycles. The molecule has 10 nitrogen and oxygen atoms in total. The average Bonchev–Trinajstić information content (AvgIpc) is 3.01. The first kappa shape index (κ1) is 41.2. The van der Waals surface area contributed by atoms with Crippen LogP contribution in [0.15, 0.2) is 72.8 Å². The largest absolute Gasteiger partial charge is 1.00 e. The van der Waals surface area contributed by atoms with Crippen LogP contribution in [0.25, 0.3) is 14.5 Å². The summed E-state index contributed by atoms with van der Waals surface area (Å²) in [7, 11) is 2.69. The third-order valence-corrected chi connectivity index (χ3v) is 6.05. The molecule has 11 heteroatoms. The Morgan fingerprint density at radius 2 is 0.977 bits per heavy atom. The molecule has 3 rings (SSSR count). The molecule has 0 bridgehead atoms. The molecule has 0 spiro atoms. The second-order valence-electron chi connectivity index (χ2n) is 9.80. The third-order valence-electron chi connectivity index (χ3n) is 6.05. The number of carbonyl (C=O) groups is 3. The van der Waals surface area contributed by atoms with Crippen LogP contribution >= 0.6 is 0 Å². The van der Waals surface area contributed by atoms with E-state index in [9.17, 15) is 14.4 Å². The van der Waals surface area contributed by atoms with Gasteiger partial charge in [0, 0.05) is 44.4 Å². The van der Waals surface area contributed by atoms with Crippen LogP contribution in [0.4, 0.5) is 0 Å². The Kier molecular flexibility index (Phi) is 18.1. The zero-order valence-corrected chi connectivity index (χ0v) is 25.9. The van der Waals surface area contributed by atoms with Crippen molar-refractivity contribution >= 4 is 17.9 Å². The van der Waals surface area contributed by atoms with Gasteiger partial charge >= 0.3 is 36.8 Å². The van der Waals surface area contributed by atoms with Gasteiger partial charge in [-0.2, -0.15) is 0 Å². The maximum Gasteiger partial charge on any atom is 1.00 e. The van der Waals surface area contributed by atoms with E-state index < -0.39 is 17.0 Å². The Morgan fingerprint density at radius 1 is 0.659 bits per heavy atom. The molecule has 44 heavy (non-hydrogen) atoms. The van der Waals surface area contributed by atoms with Gasteiger partial charge < -0.3 is 34.6 Å². The molecular weight excluding hydrogens is 557 g/mol. The van der Waals surface area contributed by atoms with E-state index in [0.717, 1.165) is 16.7 Å². The van der Waals surface area contributed by atoms with Crippen LogP contribution in [-0.4, -0.2) is 42.7 Å². The van der Waals surface area contributed by atoms with Crippen molar-refractivity contribution in [2.45, 2.75) is 45.3 Å². The average molecular weight is 592 g/mol. The number of nitrogens with zero attached hydrogens (tertiary/aromatic N) is 3. The predicted molar refractivity (Wildman–Crippen MR) is 160 cm³/mol. The molecule has 0 amide bonds. The molecule has 0 atom stereocenters. The van der Waals surface area contributed by atoms with Crippen molar-refractivity contribution in [1.29, 1.82) is 0 Å². The summed E-state index contributed by atoms with van der Waals surface area (Å²) in [5.41, 5.74) is 2.75. The van der Waals surface area contributed by atoms with Crippen molar-refractivity contribution in [3.05, 3.63) is 140 Å². The Labute approximate surface area is 270 Å². The molecule has 0 fully saturated rings. The van der Waals surface area contributed by atoms with E-state index in [0.29, 0.717) is 17.7 Å². The van der Waals surface area contributed by atoms with Gasteiger partial charge in [0.05, 0.1) is 30.9 Å². The monoisotopic (exact) mass is 591 g/mol. The van der Waals surface area contributed by atoms with Crippen LogP contribution in [0.2, 0.25) is 0 Å². The van der Waals surface area contributed by atoms with Crippen LogP contribution in [0.3, 0.4) is 0 Å². The number of rotatable bonds is 6. The molecule has 0 aliphatic rings. The quantitative estimate of drug-likeness (QED) is 0.261. The van der Waals surface area contributed by atoms with E-state index in [1.807, 2.05) is 13.8 Å². The number of carboxylic acids is 1. The van der Waals surface area contributed by atoms with E-state index in [1.165, 1.54) is 26.4 Å². The molecule has 0 saturated heterocycles. The number of aromatic carboxylic acids is 1. The van der Waals surface area contributed by atoms with Gasteiger partial charge in [-0.25, -0.2) is 34.1 Å². The number of ether oxygens (including phenoxy) is 2. The number of hydrogen-bond acceptors (Lipinski definition) is 6. The van der Waals surface area contributed by atoms with Gasteiger partial charge in [-0.1, -0.05) is 36.4 Å². The number of carboxylic acid groups (broad SMARTS) is 1. The standard InChI is InChI=1S/C12H13NO2.C11H11NO2.C10H9NO2.Li.H2O/c1-12(2,13-3)10-7-5-9(6-8-10)11(14)15-4;1-11(2,12-3)9-6-4-8(5-7-9)10(13)14;1-11-7-8-3-5-9(6-4-8)10(12)13-2;;/h5-8H,1-2,4H3;4-7H,1-2H3,(H,13,14);3-6H,7H2,2H3;;1H2/q;;;+1;/p-1. The molecule has 0 unspecified atom stereocenters. The normalized spacial score (nSPS) is 9.61. The second-order valence-corrected chi connectivity index (χ2v) is 9.80. The summed E-state index contributed by atoms with van der Waals surface area (Å²) in [6.07, 6.45) is 0. The van der Waals surface area contributed by atoms with Crippen molar-refractivity contribution in [2.75, 3.05) is 14.2 Å². The zero-order chi connectivity index (χ0) is 31.9. The first-order chi connectivity index (χ1) is 19.8. The smallest absolute Gasteiger partial charge is 0.870 e. The summed E-state index contributed by atoms with van der Waals surface area (Å²) in [6, 6.07) is 20.1. The van der Waals surface area contributed by atoms with Crippen molar-refractivity contribution in [1.82, 2.24) is 0 Å². The number of benzene rings is 3. The minimum atomic E-state index is -0.947. The van der Waals surface area contributed by atoms with Gasteiger partial charge in [0.15, 0.2) is 0 Å². The maximum atomic E-state index is 11.2. The second kappa shape index (κ2) is 19.3. The summed E-state index contributed by atoms with van der Waals surface area (Å²) < 4.78 is 9.13. The van der Waals surface area contributed by atoms with E-state index >= 15 is 0 Å². The molecule has 3 aromatic rings. The van der Waals surface area contributed by atoms with Crippen molar-refractivity contribution in [3.8, 4) is 0 Å². The number of hydrogen-bond donors (Lipinski definition) is 1. The van der Waals surface area contributed by atoms with Gasteiger partial charge in [-0.05, 0) is 36.4 Å². The maximum absolute atomic E-state index is 11.2. The zero-order valence-electron chi connectivity index (χ0n) is 25.9. The molecule has 3 aromatic carbocycles. The van der Waals surface area contributed by atoms with Gasteiger partial charge in [0.25, 0.3) is 11.1 Å². The minimum Gasteiger partial charge on any atom is -0.870 e. The molecule has 0 aliphatic heterocycles. The summed E-state index contributed by atoms with van der Waals surface area (Å²) in [4.78, 5) is 43.0. The van der Waals surface area contributed by atoms with E-state index in [-0.39, 0.29) is 41.8 Å². The van der Waals surface area contributed by atoms with E-state index in [4.69, 9.17) is 24.8 Å². The fraction of sp³-hybridized carbons (Fsp3) is 0.273. The first-order valence-corrected chi connectivity index (χ1v) is 12.6. The molecule has 0 radical (unpaired) electrons. The van der Waals surface area contributed by atoms with Crippen molar-refractivity contribution < 1.29 is 53.3 Å². The molecule has 224 valence electrons. The summed E-state index contributed by atoms with van der Waals surface area (Å²) in [6.45, 7) is 28.3. The van der Waals surface area contributed by atoms with Gasteiger partial charge in [0.1, 0.15) is 0 Å². The summed E-state index contributed by atoms with van der Waals surface area (Å²) >= 11 is 0. The molecule has 2 N–H and O–H groups in total. The SMILES string of the molecule is [C-]#[N+]C(C)(C)c1ccc(C(=O)O)cc1.[C-]#[N+]C(C)(C)c1ccc(C(=O)OC)cc1.[C-]#[N+]Cc1ccc(C(=O)OC)cc1.[Li+].[OH-]. The Balaban J connectivity index is 0. The minimum absolute atomic E-state index is 0. The van der Waals surface area contributed by atoms with Crippen LogP contribution in [0.5, 0.6) is 0 Å². The predicted octanol–water partition coefficient (Wildman–Crippen LogP) is 3.89. The van der Waals surface area contributed by atoms with Gasteiger partial charge in [-0.15, -0.1) is 0 Å². The van der Waals surface area contributed by atoms with Crippen LogP contribution in [0, 0.1) is 19.7 Å². The van der Waals surface area contributed by atoms with Crippen molar-refractivity contribution in [3.63, 3.8) is 0 Å².